The van der Waals surface area contributed by atoms with Crippen molar-refractivity contribution in [2.24, 2.45) is 7.05 Å². The number of nitrogens with zero attached hydrogens (tertiary/aromatic N) is 2. The van der Waals surface area contributed by atoms with Crippen molar-refractivity contribution in [3.8, 4) is 5.75 Å². The van der Waals surface area contributed by atoms with Crippen molar-refractivity contribution < 1.29 is 23.5 Å². The SMILES string of the molecule is CCOC(=O)c1cnn(C)c1NC(=O)c1ccc(COc2ccc(CC)cc2)o1. The summed E-state index contributed by atoms with van der Waals surface area (Å²) in [7, 11) is 1.61. The van der Waals surface area contributed by atoms with E-state index in [-0.39, 0.29) is 30.4 Å². The summed E-state index contributed by atoms with van der Waals surface area (Å²) in [6.07, 6.45) is 2.31. The van der Waals surface area contributed by atoms with Crippen LogP contribution in [0, 0.1) is 0 Å². The highest BCUT2D eigenvalue weighted by Gasteiger charge is 2.21. The summed E-state index contributed by atoms with van der Waals surface area (Å²) in [6.45, 7) is 4.21. The Morgan fingerprint density at radius 2 is 1.90 bits per heavy atom. The molecule has 1 amide bonds. The van der Waals surface area contributed by atoms with Gasteiger partial charge >= 0.3 is 5.97 Å². The first-order valence-electron chi connectivity index (χ1n) is 9.32. The lowest BCUT2D eigenvalue weighted by Gasteiger charge is -2.07. The van der Waals surface area contributed by atoms with Gasteiger partial charge in [0.25, 0.3) is 5.91 Å². The molecule has 0 bridgehead atoms. The molecule has 0 saturated carbocycles. The Hall–Kier alpha value is -3.55. The highest BCUT2D eigenvalue weighted by molar-refractivity contribution is 6.05. The lowest BCUT2D eigenvalue weighted by Crippen LogP contribution is -2.17. The maximum atomic E-state index is 12.5. The molecular weight excluding hydrogens is 374 g/mol. The van der Waals surface area contributed by atoms with Crippen LogP contribution in [0.2, 0.25) is 0 Å². The summed E-state index contributed by atoms with van der Waals surface area (Å²) < 4.78 is 17.6. The number of hydrogen-bond donors (Lipinski definition) is 1. The van der Waals surface area contributed by atoms with Gasteiger partial charge in [0.05, 0.1) is 12.8 Å². The van der Waals surface area contributed by atoms with Crippen LogP contribution in [0.15, 0.2) is 47.0 Å². The van der Waals surface area contributed by atoms with Crippen LogP contribution in [0.3, 0.4) is 0 Å². The van der Waals surface area contributed by atoms with E-state index in [1.165, 1.54) is 16.4 Å². The summed E-state index contributed by atoms with van der Waals surface area (Å²) in [5.74, 6) is 0.500. The number of carbonyl (C=O) groups excluding carboxylic acids is 2. The summed E-state index contributed by atoms with van der Waals surface area (Å²) in [5, 5.41) is 6.64. The number of aromatic nitrogens is 2. The van der Waals surface area contributed by atoms with Crippen LogP contribution in [-0.4, -0.2) is 28.3 Å². The Kier molecular flexibility index (Phi) is 6.33. The van der Waals surface area contributed by atoms with Crippen LogP contribution in [0.4, 0.5) is 5.82 Å². The number of rotatable bonds is 8. The fourth-order valence-corrected chi connectivity index (χ4v) is 2.67. The normalized spacial score (nSPS) is 10.6. The molecular formula is C21H23N3O5. The molecule has 29 heavy (non-hydrogen) atoms. The minimum atomic E-state index is -0.557. The predicted molar refractivity (Wildman–Crippen MR) is 106 cm³/mol. The molecule has 0 fully saturated rings. The van der Waals surface area contributed by atoms with Crippen molar-refractivity contribution in [2.75, 3.05) is 11.9 Å². The maximum Gasteiger partial charge on any atom is 0.343 e. The van der Waals surface area contributed by atoms with Crippen LogP contribution in [0.25, 0.3) is 0 Å². The van der Waals surface area contributed by atoms with E-state index in [0.29, 0.717) is 5.76 Å². The first-order chi connectivity index (χ1) is 14.0. The molecule has 8 heteroatoms. The summed E-state index contributed by atoms with van der Waals surface area (Å²) >= 11 is 0. The van der Waals surface area contributed by atoms with Crippen LogP contribution >= 0.6 is 0 Å². The van der Waals surface area contributed by atoms with Crippen LogP contribution < -0.4 is 10.1 Å². The van der Waals surface area contributed by atoms with Gasteiger partial charge in [0.1, 0.15) is 29.5 Å². The van der Waals surface area contributed by atoms with E-state index in [1.807, 2.05) is 24.3 Å². The van der Waals surface area contributed by atoms with Crippen molar-refractivity contribution in [2.45, 2.75) is 26.9 Å². The molecule has 0 spiro atoms. The monoisotopic (exact) mass is 397 g/mol. The predicted octanol–water partition coefficient (Wildman–Crippen LogP) is 3.58. The van der Waals surface area contributed by atoms with Crippen molar-refractivity contribution in [1.82, 2.24) is 9.78 Å². The van der Waals surface area contributed by atoms with Crippen molar-refractivity contribution in [1.29, 1.82) is 0 Å². The third-order valence-corrected chi connectivity index (χ3v) is 4.26. The molecule has 152 valence electrons. The van der Waals surface area contributed by atoms with Crippen molar-refractivity contribution >= 4 is 17.7 Å². The lowest BCUT2D eigenvalue weighted by molar-refractivity contribution is 0.0527. The number of amides is 1. The molecule has 8 nitrogen and oxygen atoms in total. The van der Waals surface area contributed by atoms with Gasteiger partial charge in [-0.05, 0) is 43.2 Å². The average Bonchev–Trinajstić information content (AvgIpc) is 3.34. The third kappa shape index (κ3) is 4.84. The smallest absolute Gasteiger partial charge is 0.343 e. The van der Waals surface area contributed by atoms with Crippen LogP contribution in [-0.2, 0) is 24.8 Å². The molecule has 0 aliphatic carbocycles. The number of furan rings is 1. The largest absolute Gasteiger partial charge is 0.486 e. The van der Waals surface area contributed by atoms with Crippen LogP contribution in [0.5, 0.6) is 5.75 Å². The van der Waals surface area contributed by atoms with Gasteiger partial charge in [0.2, 0.25) is 0 Å². The average molecular weight is 397 g/mol. The van der Waals surface area contributed by atoms with Gasteiger partial charge in [0, 0.05) is 7.05 Å². The molecule has 1 aromatic carbocycles. The third-order valence-electron chi connectivity index (χ3n) is 4.26. The van der Waals surface area contributed by atoms with E-state index in [1.54, 1.807) is 26.1 Å². The number of benzene rings is 1. The highest BCUT2D eigenvalue weighted by Crippen LogP contribution is 2.19. The van der Waals surface area contributed by atoms with Gasteiger partial charge in [-0.1, -0.05) is 19.1 Å². The maximum absolute atomic E-state index is 12.5. The molecule has 0 atom stereocenters. The number of anilines is 1. The Balaban J connectivity index is 1.63. The molecule has 2 aromatic heterocycles. The Morgan fingerprint density at radius 3 is 2.59 bits per heavy atom. The zero-order valence-electron chi connectivity index (χ0n) is 16.6. The zero-order valence-corrected chi connectivity index (χ0v) is 16.6. The molecule has 0 saturated heterocycles. The van der Waals surface area contributed by atoms with E-state index < -0.39 is 11.9 Å². The first kappa shape index (κ1) is 20.2. The van der Waals surface area contributed by atoms with Gasteiger partial charge in [-0.3, -0.25) is 9.48 Å². The van der Waals surface area contributed by atoms with Gasteiger partial charge in [-0.25, -0.2) is 4.79 Å². The molecule has 0 unspecified atom stereocenters. The Labute approximate surface area is 168 Å². The fraction of sp³-hybridized carbons (Fsp3) is 0.286. The van der Waals surface area contributed by atoms with E-state index in [9.17, 15) is 9.59 Å². The minimum Gasteiger partial charge on any atom is -0.486 e. The number of hydrogen-bond acceptors (Lipinski definition) is 6. The summed E-state index contributed by atoms with van der Waals surface area (Å²) in [4.78, 5) is 24.5. The number of nitrogens with one attached hydrogen (secondary N) is 1. The van der Waals surface area contributed by atoms with Crippen LogP contribution in [0.1, 0.15) is 46.1 Å². The fourth-order valence-electron chi connectivity index (χ4n) is 2.67. The summed E-state index contributed by atoms with van der Waals surface area (Å²) in [6, 6.07) is 11.0. The number of carbonyl (C=O) groups is 2. The first-order valence-corrected chi connectivity index (χ1v) is 9.32. The van der Waals surface area contributed by atoms with E-state index in [0.717, 1.165) is 12.2 Å². The minimum absolute atomic E-state index is 0.0981. The molecule has 0 aliphatic heterocycles. The van der Waals surface area contributed by atoms with Gasteiger partial charge in [-0.2, -0.15) is 5.10 Å². The van der Waals surface area contributed by atoms with E-state index in [2.05, 4.69) is 17.3 Å². The molecule has 2 heterocycles. The number of aryl methyl sites for hydroxylation is 2. The second-order valence-electron chi connectivity index (χ2n) is 6.26. The molecule has 3 aromatic rings. The number of esters is 1. The topological polar surface area (TPSA) is 95.6 Å². The van der Waals surface area contributed by atoms with Gasteiger partial charge < -0.3 is 19.2 Å². The van der Waals surface area contributed by atoms with E-state index in [4.69, 9.17) is 13.9 Å². The molecule has 0 aliphatic rings. The quantitative estimate of drug-likeness (QED) is 0.584. The second kappa shape index (κ2) is 9.09. The Bertz CT molecular complexity index is 988. The molecule has 1 N–H and O–H groups in total. The standard InChI is InChI=1S/C21H23N3O5/c1-4-14-6-8-15(9-7-14)28-13-16-10-11-18(29-16)20(25)23-19-17(12-22-24(19)3)21(26)27-5-2/h6-12H,4-5,13H2,1-3H3,(H,23,25). The van der Waals surface area contributed by atoms with Crippen molar-refractivity contribution in [3.63, 3.8) is 0 Å². The van der Waals surface area contributed by atoms with Gasteiger partial charge in [-0.15, -0.1) is 0 Å². The summed E-state index contributed by atoms with van der Waals surface area (Å²) in [5.41, 5.74) is 1.40. The molecule has 3 rings (SSSR count). The number of ether oxygens (including phenoxy) is 2. The Morgan fingerprint density at radius 1 is 1.14 bits per heavy atom. The second-order valence-corrected chi connectivity index (χ2v) is 6.26. The zero-order chi connectivity index (χ0) is 20.8. The van der Waals surface area contributed by atoms with Gasteiger partial charge in [0.15, 0.2) is 5.76 Å². The molecule has 0 radical (unpaired) electrons. The lowest BCUT2D eigenvalue weighted by atomic mass is 10.2. The highest BCUT2D eigenvalue weighted by atomic mass is 16.5. The van der Waals surface area contributed by atoms with Crippen molar-refractivity contribution in [3.05, 3.63) is 65.2 Å². The van der Waals surface area contributed by atoms with E-state index >= 15 is 0 Å².